The summed E-state index contributed by atoms with van der Waals surface area (Å²) in [6.45, 7) is 4.58. The molecule has 90 valence electrons. The summed E-state index contributed by atoms with van der Waals surface area (Å²) in [7, 11) is 0. The first-order chi connectivity index (χ1) is 7.41. The quantitative estimate of drug-likeness (QED) is 0.731. The van der Waals surface area contributed by atoms with Crippen LogP contribution >= 0.6 is 22.9 Å². The third kappa shape index (κ3) is 2.61. The Hall–Kier alpha value is -0.0500. The lowest BCUT2D eigenvalue weighted by molar-refractivity contribution is 0.0216. The van der Waals surface area contributed by atoms with E-state index in [2.05, 4.69) is 13.8 Å². The molecule has 1 N–H and O–H groups in total. The molecule has 2 rings (SSSR count). The molecule has 1 aliphatic carbocycles. The smallest absolute Gasteiger partial charge is 0.0988 e. The summed E-state index contributed by atoms with van der Waals surface area (Å²) in [5, 5.41) is 10.7. The lowest BCUT2D eigenvalue weighted by atomic mass is 9.84. The van der Waals surface area contributed by atoms with Crippen molar-refractivity contribution in [2.75, 3.05) is 0 Å². The predicted molar refractivity (Wildman–Crippen MR) is 70.1 cm³/mol. The van der Waals surface area contributed by atoms with Gasteiger partial charge in [-0.25, -0.2) is 0 Å². The van der Waals surface area contributed by atoms with E-state index in [1.165, 1.54) is 17.8 Å². The van der Waals surface area contributed by atoms with Crippen molar-refractivity contribution < 1.29 is 5.11 Å². The van der Waals surface area contributed by atoms with Gasteiger partial charge >= 0.3 is 0 Å². The van der Waals surface area contributed by atoms with E-state index in [1.54, 1.807) is 0 Å². The molecule has 0 bridgehead atoms. The van der Waals surface area contributed by atoms with Crippen molar-refractivity contribution in [1.29, 1.82) is 0 Å². The van der Waals surface area contributed by atoms with Gasteiger partial charge in [0, 0.05) is 4.88 Å². The molecule has 1 fully saturated rings. The number of aliphatic hydroxyl groups is 1. The van der Waals surface area contributed by atoms with Gasteiger partial charge in [-0.1, -0.05) is 25.4 Å². The molecular weight excluding hydrogens is 240 g/mol. The molecule has 0 saturated heterocycles. The van der Waals surface area contributed by atoms with E-state index < -0.39 is 5.60 Å². The van der Waals surface area contributed by atoms with Crippen molar-refractivity contribution in [2.24, 2.45) is 5.41 Å². The lowest BCUT2D eigenvalue weighted by Gasteiger charge is -2.26. The van der Waals surface area contributed by atoms with Crippen LogP contribution in [0.4, 0.5) is 0 Å². The fourth-order valence-corrected chi connectivity index (χ4v) is 3.65. The Morgan fingerprint density at radius 2 is 1.94 bits per heavy atom. The van der Waals surface area contributed by atoms with Crippen LogP contribution in [0.25, 0.3) is 0 Å². The van der Waals surface area contributed by atoms with Crippen molar-refractivity contribution in [1.82, 2.24) is 0 Å². The van der Waals surface area contributed by atoms with E-state index in [0.717, 1.165) is 34.9 Å². The first-order valence-electron chi connectivity index (χ1n) is 5.90. The number of hydrogen-bond donors (Lipinski definition) is 1. The highest BCUT2D eigenvalue weighted by Crippen LogP contribution is 2.45. The average molecular weight is 259 g/mol. The standard InChI is InChI=1S/C13H19ClOS/c1-12(2)6-3-7-13(15,9-8-12)10-4-5-11(14)16-10/h4-5,15H,3,6-9H2,1-2H3. The Labute approximate surface area is 106 Å². The summed E-state index contributed by atoms with van der Waals surface area (Å²) in [6, 6.07) is 3.86. The molecule has 1 nitrogen and oxygen atoms in total. The van der Waals surface area contributed by atoms with Gasteiger partial charge in [0.25, 0.3) is 0 Å². The SMILES string of the molecule is CC1(C)CCCC(O)(c2ccc(Cl)s2)CC1. The summed E-state index contributed by atoms with van der Waals surface area (Å²) in [5.41, 5.74) is -0.267. The normalized spacial score (nSPS) is 30.0. The monoisotopic (exact) mass is 258 g/mol. The van der Waals surface area contributed by atoms with E-state index in [9.17, 15) is 5.11 Å². The second-order valence-electron chi connectivity index (χ2n) is 5.65. The van der Waals surface area contributed by atoms with Crippen molar-refractivity contribution in [3.05, 3.63) is 21.3 Å². The van der Waals surface area contributed by atoms with E-state index in [1.807, 2.05) is 12.1 Å². The molecule has 0 radical (unpaired) electrons. The molecule has 1 aliphatic rings. The van der Waals surface area contributed by atoms with Crippen LogP contribution in [0.2, 0.25) is 4.34 Å². The van der Waals surface area contributed by atoms with Crippen LogP contribution < -0.4 is 0 Å². The molecular formula is C13H19ClOS. The van der Waals surface area contributed by atoms with Gasteiger partial charge in [0.05, 0.1) is 9.94 Å². The van der Waals surface area contributed by atoms with E-state index in [4.69, 9.17) is 11.6 Å². The molecule has 1 atom stereocenters. The van der Waals surface area contributed by atoms with E-state index >= 15 is 0 Å². The maximum atomic E-state index is 10.7. The first-order valence-corrected chi connectivity index (χ1v) is 7.09. The number of rotatable bonds is 1. The van der Waals surface area contributed by atoms with Crippen molar-refractivity contribution >= 4 is 22.9 Å². The Balaban J connectivity index is 2.19. The molecule has 1 saturated carbocycles. The Kier molecular flexibility index (Phi) is 3.35. The minimum atomic E-state index is -0.633. The molecule has 1 aromatic rings. The number of thiophene rings is 1. The summed E-state index contributed by atoms with van der Waals surface area (Å²) < 4.78 is 0.770. The fraction of sp³-hybridized carbons (Fsp3) is 0.692. The Morgan fingerprint density at radius 3 is 2.56 bits per heavy atom. The highest BCUT2D eigenvalue weighted by atomic mass is 35.5. The maximum Gasteiger partial charge on any atom is 0.0988 e. The molecule has 0 spiro atoms. The molecule has 1 heterocycles. The van der Waals surface area contributed by atoms with Gasteiger partial charge in [0.2, 0.25) is 0 Å². The topological polar surface area (TPSA) is 20.2 Å². The zero-order valence-electron chi connectivity index (χ0n) is 9.92. The molecule has 16 heavy (non-hydrogen) atoms. The van der Waals surface area contributed by atoms with Gasteiger partial charge < -0.3 is 5.11 Å². The summed E-state index contributed by atoms with van der Waals surface area (Å²) >= 11 is 7.46. The van der Waals surface area contributed by atoms with Crippen LogP contribution in [-0.4, -0.2) is 5.11 Å². The van der Waals surface area contributed by atoms with Crippen molar-refractivity contribution in [2.45, 2.75) is 51.6 Å². The van der Waals surface area contributed by atoms with Crippen molar-refractivity contribution in [3.63, 3.8) is 0 Å². The highest BCUT2D eigenvalue weighted by molar-refractivity contribution is 7.16. The van der Waals surface area contributed by atoms with E-state index in [-0.39, 0.29) is 0 Å². The van der Waals surface area contributed by atoms with Gasteiger partial charge in [-0.05, 0) is 49.7 Å². The zero-order valence-corrected chi connectivity index (χ0v) is 11.5. The average Bonchev–Trinajstić information content (AvgIpc) is 2.57. The minimum absolute atomic E-state index is 0.367. The second kappa shape index (κ2) is 4.32. The molecule has 0 aliphatic heterocycles. The first kappa shape index (κ1) is 12.4. The summed E-state index contributed by atoms with van der Waals surface area (Å²) in [4.78, 5) is 1.04. The summed E-state index contributed by atoms with van der Waals surface area (Å²) in [5.74, 6) is 0. The van der Waals surface area contributed by atoms with Gasteiger partial charge in [-0.2, -0.15) is 0 Å². The third-order valence-corrected chi connectivity index (χ3v) is 5.12. The maximum absolute atomic E-state index is 10.7. The molecule has 1 aromatic heterocycles. The Morgan fingerprint density at radius 1 is 1.19 bits per heavy atom. The van der Waals surface area contributed by atoms with Crippen LogP contribution in [0, 0.1) is 5.41 Å². The molecule has 0 amide bonds. The van der Waals surface area contributed by atoms with Gasteiger partial charge in [0.1, 0.15) is 0 Å². The van der Waals surface area contributed by atoms with E-state index in [0.29, 0.717) is 5.41 Å². The molecule has 0 aromatic carbocycles. The zero-order chi connectivity index (χ0) is 11.8. The van der Waals surface area contributed by atoms with Crippen LogP contribution in [0.3, 0.4) is 0 Å². The third-order valence-electron chi connectivity index (χ3n) is 3.69. The van der Waals surface area contributed by atoms with Crippen LogP contribution in [0.15, 0.2) is 12.1 Å². The largest absolute Gasteiger partial charge is 0.384 e. The highest BCUT2D eigenvalue weighted by Gasteiger charge is 2.36. The van der Waals surface area contributed by atoms with Crippen LogP contribution in [0.1, 0.15) is 50.8 Å². The van der Waals surface area contributed by atoms with Gasteiger partial charge in [0.15, 0.2) is 0 Å². The van der Waals surface area contributed by atoms with Gasteiger partial charge in [-0.3, -0.25) is 0 Å². The fourth-order valence-electron chi connectivity index (χ4n) is 2.47. The minimum Gasteiger partial charge on any atom is -0.384 e. The second-order valence-corrected chi connectivity index (χ2v) is 7.37. The molecule has 1 unspecified atom stereocenters. The van der Waals surface area contributed by atoms with Crippen LogP contribution in [-0.2, 0) is 5.60 Å². The summed E-state index contributed by atoms with van der Waals surface area (Å²) in [6.07, 6.45) is 5.11. The number of hydrogen-bond acceptors (Lipinski definition) is 2. The number of halogens is 1. The predicted octanol–water partition coefficient (Wildman–Crippen LogP) is 4.58. The Bertz CT molecular complexity index is 372. The lowest BCUT2D eigenvalue weighted by Crippen LogP contribution is -2.23. The van der Waals surface area contributed by atoms with Gasteiger partial charge in [-0.15, -0.1) is 11.3 Å². The van der Waals surface area contributed by atoms with Crippen molar-refractivity contribution in [3.8, 4) is 0 Å². The molecule has 3 heteroatoms. The van der Waals surface area contributed by atoms with Crippen LogP contribution in [0.5, 0.6) is 0 Å².